The quantitative estimate of drug-likeness (QED) is 0.545. The van der Waals surface area contributed by atoms with E-state index < -0.39 is 0 Å². The fourth-order valence-corrected chi connectivity index (χ4v) is 4.48. The van der Waals surface area contributed by atoms with E-state index in [4.69, 9.17) is 0 Å². The van der Waals surface area contributed by atoms with Gasteiger partial charge in [-0.15, -0.1) is 0 Å². The molecule has 0 saturated heterocycles. The van der Waals surface area contributed by atoms with Crippen LogP contribution in [-0.2, 0) is 4.79 Å². The van der Waals surface area contributed by atoms with Gasteiger partial charge in [0.15, 0.2) is 0 Å². The lowest BCUT2D eigenvalue weighted by Crippen LogP contribution is -2.43. The average molecular weight is 415 g/mol. The van der Waals surface area contributed by atoms with Crippen LogP contribution in [0.1, 0.15) is 42.5 Å². The van der Waals surface area contributed by atoms with E-state index in [1.54, 1.807) is 11.0 Å². The lowest BCUT2D eigenvalue weighted by atomic mass is 9.75. The Labute approximate surface area is 141 Å². The lowest BCUT2D eigenvalue weighted by Gasteiger charge is -2.38. The van der Waals surface area contributed by atoms with Gasteiger partial charge < -0.3 is 4.90 Å². The SMILES string of the molecule is O=C1C(=O)N(CC2(CBr)CCCCC2)c2cc(Br)ccc21. The minimum Gasteiger partial charge on any atom is -0.304 e. The zero-order chi connectivity index (χ0) is 15.0. The maximum Gasteiger partial charge on any atom is 0.299 e. The summed E-state index contributed by atoms with van der Waals surface area (Å²) in [7, 11) is 0. The molecule has 5 heteroatoms. The largest absolute Gasteiger partial charge is 0.304 e. The number of hydrogen-bond donors (Lipinski definition) is 0. The summed E-state index contributed by atoms with van der Waals surface area (Å²) in [6, 6.07) is 5.43. The Morgan fingerprint density at radius 2 is 1.86 bits per heavy atom. The normalized spacial score (nSPS) is 20.8. The summed E-state index contributed by atoms with van der Waals surface area (Å²) >= 11 is 7.06. The van der Waals surface area contributed by atoms with Gasteiger partial charge in [-0.25, -0.2) is 0 Å². The number of amides is 1. The molecule has 0 bridgehead atoms. The second-order valence-electron chi connectivity index (χ2n) is 6.08. The van der Waals surface area contributed by atoms with Gasteiger partial charge in [-0.05, 0) is 36.5 Å². The molecule has 2 aliphatic rings. The number of nitrogens with zero attached hydrogens (tertiary/aromatic N) is 1. The average Bonchev–Trinajstić information content (AvgIpc) is 2.73. The minimum absolute atomic E-state index is 0.0954. The maximum atomic E-state index is 12.4. The van der Waals surface area contributed by atoms with Gasteiger partial charge in [-0.2, -0.15) is 0 Å². The van der Waals surface area contributed by atoms with Crippen LogP contribution >= 0.6 is 31.9 Å². The van der Waals surface area contributed by atoms with Gasteiger partial charge >= 0.3 is 0 Å². The Morgan fingerprint density at radius 1 is 1.14 bits per heavy atom. The molecule has 1 aromatic carbocycles. The molecule has 0 N–H and O–H groups in total. The molecule has 1 aromatic rings. The number of Topliss-reactive ketones (excluding diaryl/α,β-unsaturated/α-hetero) is 1. The van der Waals surface area contributed by atoms with Crippen molar-refractivity contribution in [2.45, 2.75) is 32.1 Å². The van der Waals surface area contributed by atoms with Crippen molar-refractivity contribution in [2.24, 2.45) is 5.41 Å². The fourth-order valence-electron chi connectivity index (χ4n) is 3.40. The van der Waals surface area contributed by atoms with E-state index in [2.05, 4.69) is 31.9 Å². The van der Waals surface area contributed by atoms with Gasteiger partial charge in [0.1, 0.15) is 0 Å². The van der Waals surface area contributed by atoms with Gasteiger partial charge in [0, 0.05) is 16.3 Å². The van der Waals surface area contributed by atoms with E-state index in [0.29, 0.717) is 12.1 Å². The molecule has 112 valence electrons. The van der Waals surface area contributed by atoms with Crippen LogP contribution in [0.4, 0.5) is 5.69 Å². The highest BCUT2D eigenvalue weighted by Gasteiger charge is 2.41. The van der Waals surface area contributed by atoms with Crippen LogP contribution in [0.5, 0.6) is 0 Å². The highest BCUT2D eigenvalue weighted by Crippen LogP contribution is 2.41. The summed E-state index contributed by atoms with van der Waals surface area (Å²) in [5.41, 5.74) is 1.38. The predicted molar refractivity (Wildman–Crippen MR) is 90.1 cm³/mol. The van der Waals surface area contributed by atoms with Crippen LogP contribution in [0.15, 0.2) is 22.7 Å². The highest BCUT2D eigenvalue weighted by atomic mass is 79.9. The Balaban J connectivity index is 1.94. The second kappa shape index (κ2) is 5.84. The number of carbonyl (C=O) groups is 2. The summed E-state index contributed by atoms with van der Waals surface area (Å²) in [5, 5.41) is 0.876. The third-order valence-corrected chi connectivity index (χ3v) is 6.31. The molecule has 3 rings (SSSR count). The highest BCUT2D eigenvalue weighted by molar-refractivity contribution is 9.10. The van der Waals surface area contributed by atoms with Crippen molar-refractivity contribution >= 4 is 49.2 Å². The first kappa shape index (κ1) is 15.2. The molecule has 0 unspecified atom stereocenters. The van der Waals surface area contributed by atoms with E-state index in [1.165, 1.54) is 19.3 Å². The van der Waals surface area contributed by atoms with Crippen LogP contribution in [0.2, 0.25) is 0 Å². The standard InChI is InChI=1S/C16H17Br2NO2/c17-9-16(6-2-1-3-7-16)10-19-13-8-11(18)4-5-12(13)14(20)15(19)21/h4-5,8H,1-3,6-7,9-10H2. The van der Waals surface area contributed by atoms with E-state index >= 15 is 0 Å². The predicted octanol–water partition coefficient (Wildman–Crippen LogP) is 4.32. The Kier molecular flexibility index (Phi) is 4.23. The zero-order valence-electron chi connectivity index (χ0n) is 11.7. The van der Waals surface area contributed by atoms with Crippen molar-refractivity contribution in [3.8, 4) is 0 Å². The first-order valence-electron chi connectivity index (χ1n) is 7.28. The maximum absolute atomic E-state index is 12.4. The van der Waals surface area contributed by atoms with Gasteiger partial charge in [0.05, 0.1) is 11.3 Å². The van der Waals surface area contributed by atoms with E-state index in [-0.39, 0.29) is 17.1 Å². The number of rotatable bonds is 3. The van der Waals surface area contributed by atoms with Gasteiger partial charge in [-0.3, -0.25) is 9.59 Å². The molecular weight excluding hydrogens is 398 g/mol. The number of fused-ring (bicyclic) bond motifs is 1. The number of anilines is 1. The monoisotopic (exact) mass is 413 g/mol. The van der Waals surface area contributed by atoms with Crippen molar-refractivity contribution in [1.82, 2.24) is 0 Å². The molecule has 1 saturated carbocycles. The molecule has 3 nitrogen and oxygen atoms in total. The van der Waals surface area contributed by atoms with Gasteiger partial charge in [-0.1, -0.05) is 51.1 Å². The Morgan fingerprint density at radius 3 is 2.52 bits per heavy atom. The van der Waals surface area contributed by atoms with Crippen molar-refractivity contribution in [3.63, 3.8) is 0 Å². The first-order chi connectivity index (χ1) is 10.1. The number of alkyl halides is 1. The molecule has 1 fully saturated rings. The molecule has 1 aliphatic heterocycles. The fraction of sp³-hybridized carbons (Fsp3) is 0.500. The summed E-state index contributed by atoms with van der Waals surface area (Å²) in [6.07, 6.45) is 5.89. The molecule has 21 heavy (non-hydrogen) atoms. The lowest BCUT2D eigenvalue weighted by molar-refractivity contribution is -0.114. The molecule has 1 aliphatic carbocycles. The molecule has 1 heterocycles. The van der Waals surface area contributed by atoms with Crippen molar-refractivity contribution in [3.05, 3.63) is 28.2 Å². The second-order valence-corrected chi connectivity index (χ2v) is 7.55. The summed E-state index contributed by atoms with van der Waals surface area (Å²) in [6.45, 7) is 0.631. The van der Waals surface area contributed by atoms with Crippen LogP contribution in [0.3, 0.4) is 0 Å². The van der Waals surface area contributed by atoms with E-state index in [1.807, 2.05) is 12.1 Å². The third kappa shape index (κ3) is 2.70. The number of benzene rings is 1. The van der Waals surface area contributed by atoms with Crippen LogP contribution in [0, 0.1) is 5.41 Å². The van der Waals surface area contributed by atoms with E-state index in [9.17, 15) is 9.59 Å². The van der Waals surface area contributed by atoms with Gasteiger partial charge in [0.25, 0.3) is 11.7 Å². The molecule has 0 atom stereocenters. The van der Waals surface area contributed by atoms with E-state index in [0.717, 1.165) is 28.3 Å². The number of carbonyl (C=O) groups excluding carboxylic acids is 2. The Bertz CT molecular complexity index is 594. The molecule has 0 radical (unpaired) electrons. The van der Waals surface area contributed by atoms with Crippen LogP contribution in [-0.4, -0.2) is 23.6 Å². The van der Waals surface area contributed by atoms with Gasteiger partial charge in [0.2, 0.25) is 0 Å². The van der Waals surface area contributed by atoms with Crippen molar-refractivity contribution < 1.29 is 9.59 Å². The topological polar surface area (TPSA) is 37.4 Å². The number of hydrogen-bond acceptors (Lipinski definition) is 2. The summed E-state index contributed by atoms with van der Waals surface area (Å²) < 4.78 is 0.894. The molecule has 0 aromatic heterocycles. The molecular formula is C16H17Br2NO2. The third-order valence-electron chi connectivity index (χ3n) is 4.63. The summed E-state index contributed by atoms with van der Waals surface area (Å²) in [5.74, 6) is -0.757. The van der Waals surface area contributed by atoms with Crippen LogP contribution < -0.4 is 4.90 Å². The summed E-state index contributed by atoms with van der Waals surface area (Å²) in [4.78, 5) is 26.2. The zero-order valence-corrected chi connectivity index (χ0v) is 14.9. The number of halogens is 2. The number of ketones is 1. The molecule has 0 spiro atoms. The van der Waals surface area contributed by atoms with Crippen molar-refractivity contribution in [2.75, 3.05) is 16.8 Å². The Hall–Kier alpha value is -0.680. The minimum atomic E-state index is -0.381. The van der Waals surface area contributed by atoms with Crippen LogP contribution in [0.25, 0.3) is 0 Å². The van der Waals surface area contributed by atoms with Crippen molar-refractivity contribution in [1.29, 1.82) is 0 Å². The first-order valence-corrected chi connectivity index (χ1v) is 9.19. The molecule has 1 amide bonds. The smallest absolute Gasteiger partial charge is 0.299 e.